The number of amides is 1. The predicted octanol–water partition coefficient (Wildman–Crippen LogP) is 1.77. The Morgan fingerprint density at radius 3 is 3.14 bits per heavy atom. The molecule has 2 unspecified atom stereocenters. The van der Waals surface area contributed by atoms with Gasteiger partial charge >= 0.3 is 0 Å². The van der Waals surface area contributed by atoms with Crippen LogP contribution in [-0.2, 0) is 0 Å². The fraction of sp³-hybridized carbons (Fsp3) is 0.556. The lowest BCUT2D eigenvalue weighted by molar-refractivity contribution is 0.0933. The van der Waals surface area contributed by atoms with E-state index in [1.807, 2.05) is 11.8 Å². The van der Waals surface area contributed by atoms with Gasteiger partial charge < -0.3 is 5.32 Å². The summed E-state index contributed by atoms with van der Waals surface area (Å²) >= 11 is 3.36. The molecule has 2 rings (SSSR count). The zero-order valence-corrected chi connectivity index (χ0v) is 9.53. The normalized spacial score (nSPS) is 26.4. The van der Waals surface area contributed by atoms with Gasteiger partial charge in [-0.25, -0.2) is 4.98 Å². The molecule has 1 N–H and O–H groups in total. The molecule has 0 saturated carbocycles. The van der Waals surface area contributed by atoms with Gasteiger partial charge in [0.1, 0.15) is 5.69 Å². The van der Waals surface area contributed by atoms with Crippen molar-refractivity contribution < 1.29 is 4.79 Å². The molecule has 0 aliphatic carbocycles. The first-order valence-corrected chi connectivity index (χ1v) is 6.57. The molecule has 0 aromatic carbocycles. The fourth-order valence-corrected chi connectivity index (χ4v) is 3.22. The summed E-state index contributed by atoms with van der Waals surface area (Å²) in [5, 5.41) is 5.32. The number of nitrogens with zero attached hydrogens (tertiary/aromatic N) is 1. The number of thiazole rings is 1. The Morgan fingerprint density at radius 2 is 2.57 bits per heavy atom. The van der Waals surface area contributed by atoms with E-state index in [-0.39, 0.29) is 5.91 Å². The third kappa shape index (κ3) is 2.09. The van der Waals surface area contributed by atoms with Gasteiger partial charge in [0.2, 0.25) is 0 Å². The maximum Gasteiger partial charge on any atom is 0.271 e. The molecular formula is C9H12N2OS2. The molecule has 1 aliphatic heterocycles. The minimum absolute atomic E-state index is 0.0365. The summed E-state index contributed by atoms with van der Waals surface area (Å²) in [5.41, 5.74) is 2.22. The first kappa shape index (κ1) is 9.98. The molecule has 2 heterocycles. The maximum absolute atomic E-state index is 11.6. The van der Waals surface area contributed by atoms with Crippen LogP contribution in [0.25, 0.3) is 0 Å². The molecule has 3 nitrogen and oxygen atoms in total. The number of aromatic nitrogens is 1. The Bertz CT molecular complexity index is 313. The number of hydrogen-bond donors (Lipinski definition) is 1. The molecule has 1 fully saturated rings. The third-order valence-electron chi connectivity index (χ3n) is 2.36. The smallest absolute Gasteiger partial charge is 0.271 e. The van der Waals surface area contributed by atoms with Gasteiger partial charge in [-0.1, -0.05) is 6.92 Å². The summed E-state index contributed by atoms with van der Waals surface area (Å²) in [6.45, 7) is 2.16. The van der Waals surface area contributed by atoms with E-state index in [1.54, 1.807) is 10.9 Å². The average molecular weight is 228 g/mol. The van der Waals surface area contributed by atoms with Crippen molar-refractivity contribution in [3.05, 3.63) is 16.6 Å². The molecule has 1 aromatic rings. The lowest BCUT2D eigenvalue weighted by Gasteiger charge is -2.15. The van der Waals surface area contributed by atoms with Crippen molar-refractivity contribution >= 4 is 29.0 Å². The standard InChI is InChI=1S/C9H12N2OS2/c1-6-7(2-3-14-6)11-9(12)8-4-13-5-10-8/h4-7H,2-3H2,1H3,(H,11,12). The van der Waals surface area contributed by atoms with Gasteiger partial charge in [0.15, 0.2) is 0 Å². The zero-order chi connectivity index (χ0) is 9.97. The Morgan fingerprint density at radius 1 is 1.71 bits per heavy atom. The van der Waals surface area contributed by atoms with Crippen LogP contribution in [0, 0.1) is 0 Å². The molecule has 1 aliphatic rings. The SMILES string of the molecule is CC1SCCC1NC(=O)c1cscn1. The van der Waals surface area contributed by atoms with Crippen LogP contribution in [0.3, 0.4) is 0 Å². The predicted molar refractivity (Wildman–Crippen MR) is 59.9 cm³/mol. The average Bonchev–Trinajstić information content (AvgIpc) is 2.77. The summed E-state index contributed by atoms with van der Waals surface area (Å²) in [6, 6.07) is 0.314. The van der Waals surface area contributed by atoms with Crippen molar-refractivity contribution in [1.82, 2.24) is 10.3 Å². The fourth-order valence-electron chi connectivity index (χ4n) is 1.49. The number of rotatable bonds is 2. The van der Waals surface area contributed by atoms with Gasteiger partial charge in [-0.3, -0.25) is 4.79 Å². The zero-order valence-electron chi connectivity index (χ0n) is 7.90. The number of carbonyl (C=O) groups is 1. The van der Waals surface area contributed by atoms with E-state index in [9.17, 15) is 4.79 Å². The minimum Gasteiger partial charge on any atom is -0.347 e. The molecule has 5 heteroatoms. The summed E-state index contributed by atoms with van der Waals surface area (Å²) in [6.07, 6.45) is 1.07. The van der Waals surface area contributed by atoms with Crippen molar-refractivity contribution in [2.75, 3.05) is 5.75 Å². The second kappa shape index (κ2) is 4.31. The van der Waals surface area contributed by atoms with E-state index in [0.29, 0.717) is 17.0 Å². The Kier molecular flexibility index (Phi) is 3.08. The van der Waals surface area contributed by atoms with Crippen LogP contribution in [0.5, 0.6) is 0 Å². The number of carbonyl (C=O) groups excluding carboxylic acids is 1. The molecule has 76 valence electrons. The third-order valence-corrected chi connectivity index (χ3v) is 4.27. The van der Waals surface area contributed by atoms with Gasteiger partial charge in [0.05, 0.1) is 5.51 Å². The molecule has 0 bridgehead atoms. The van der Waals surface area contributed by atoms with Crippen LogP contribution >= 0.6 is 23.1 Å². The first-order valence-electron chi connectivity index (χ1n) is 4.58. The van der Waals surface area contributed by atoms with Crippen molar-refractivity contribution in [3.8, 4) is 0 Å². The molecule has 2 atom stereocenters. The molecule has 0 spiro atoms. The highest BCUT2D eigenvalue weighted by Gasteiger charge is 2.25. The lowest BCUT2D eigenvalue weighted by atomic mass is 10.1. The van der Waals surface area contributed by atoms with E-state index in [2.05, 4.69) is 17.2 Å². The molecular weight excluding hydrogens is 216 g/mol. The van der Waals surface area contributed by atoms with Crippen LogP contribution in [0.2, 0.25) is 0 Å². The van der Waals surface area contributed by atoms with Crippen LogP contribution < -0.4 is 5.32 Å². The number of thioether (sulfide) groups is 1. The Hall–Kier alpha value is -0.550. The van der Waals surface area contributed by atoms with E-state index in [1.165, 1.54) is 11.3 Å². The van der Waals surface area contributed by atoms with Crippen LogP contribution in [-0.4, -0.2) is 27.9 Å². The monoisotopic (exact) mass is 228 g/mol. The highest BCUT2D eigenvalue weighted by atomic mass is 32.2. The molecule has 1 saturated heterocycles. The molecule has 1 aromatic heterocycles. The van der Waals surface area contributed by atoms with Crippen molar-refractivity contribution in [2.24, 2.45) is 0 Å². The number of nitrogens with one attached hydrogen (secondary N) is 1. The summed E-state index contributed by atoms with van der Waals surface area (Å²) in [4.78, 5) is 15.6. The minimum atomic E-state index is -0.0365. The van der Waals surface area contributed by atoms with Gasteiger partial charge in [-0.05, 0) is 12.2 Å². The van der Waals surface area contributed by atoms with Crippen LogP contribution in [0.4, 0.5) is 0 Å². The quantitative estimate of drug-likeness (QED) is 0.838. The van der Waals surface area contributed by atoms with Gasteiger partial charge in [-0.2, -0.15) is 11.8 Å². The van der Waals surface area contributed by atoms with E-state index >= 15 is 0 Å². The topological polar surface area (TPSA) is 42.0 Å². The lowest BCUT2D eigenvalue weighted by Crippen LogP contribution is -2.38. The van der Waals surface area contributed by atoms with E-state index in [0.717, 1.165) is 12.2 Å². The van der Waals surface area contributed by atoms with E-state index < -0.39 is 0 Å². The highest BCUT2D eigenvalue weighted by Crippen LogP contribution is 2.26. The van der Waals surface area contributed by atoms with E-state index in [4.69, 9.17) is 0 Å². The van der Waals surface area contributed by atoms with Gasteiger partial charge in [0, 0.05) is 16.7 Å². The highest BCUT2D eigenvalue weighted by molar-refractivity contribution is 8.00. The van der Waals surface area contributed by atoms with Gasteiger partial charge in [-0.15, -0.1) is 11.3 Å². The molecule has 1 amide bonds. The van der Waals surface area contributed by atoms with Crippen molar-refractivity contribution in [2.45, 2.75) is 24.6 Å². The second-order valence-corrected chi connectivity index (χ2v) is 5.52. The maximum atomic E-state index is 11.6. The summed E-state index contributed by atoms with van der Waals surface area (Å²) < 4.78 is 0. The Balaban J connectivity index is 1.95. The van der Waals surface area contributed by atoms with Gasteiger partial charge in [0.25, 0.3) is 5.91 Å². The molecule has 14 heavy (non-hydrogen) atoms. The van der Waals surface area contributed by atoms with Crippen LogP contribution in [0.15, 0.2) is 10.9 Å². The first-order chi connectivity index (χ1) is 6.77. The largest absolute Gasteiger partial charge is 0.347 e. The second-order valence-electron chi connectivity index (χ2n) is 3.32. The Labute approximate surface area is 91.3 Å². The summed E-state index contributed by atoms with van der Waals surface area (Å²) in [5.74, 6) is 1.11. The summed E-state index contributed by atoms with van der Waals surface area (Å²) in [7, 11) is 0. The van der Waals surface area contributed by atoms with Crippen molar-refractivity contribution in [3.63, 3.8) is 0 Å². The number of hydrogen-bond acceptors (Lipinski definition) is 4. The van der Waals surface area contributed by atoms with Crippen LogP contribution in [0.1, 0.15) is 23.8 Å². The van der Waals surface area contributed by atoms with Crippen molar-refractivity contribution in [1.29, 1.82) is 0 Å². The molecule has 0 radical (unpaired) electrons.